The second kappa shape index (κ2) is 12.9. The van der Waals surface area contributed by atoms with Crippen molar-refractivity contribution < 1.29 is 22.8 Å². The van der Waals surface area contributed by atoms with Gasteiger partial charge in [0.2, 0.25) is 0 Å². The monoisotopic (exact) mass is 618 g/mol. The minimum absolute atomic E-state index is 0.131. The van der Waals surface area contributed by atoms with Gasteiger partial charge in [-0.1, -0.05) is 30.3 Å². The first-order valence-corrected chi connectivity index (χ1v) is 15.5. The Morgan fingerprint density at radius 1 is 1.07 bits per heavy atom. The van der Waals surface area contributed by atoms with E-state index in [4.69, 9.17) is 0 Å². The number of fused-ring (bicyclic) bond motifs is 1. The number of benzene rings is 3. The first-order valence-electron chi connectivity index (χ1n) is 14.0. The molecule has 0 aliphatic carbocycles. The van der Waals surface area contributed by atoms with Gasteiger partial charge in [0.1, 0.15) is 0 Å². The van der Waals surface area contributed by atoms with Crippen LogP contribution in [0.15, 0.2) is 99.4 Å². The van der Waals surface area contributed by atoms with Gasteiger partial charge in [0, 0.05) is 35.9 Å². The van der Waals surface area contributed by atoms with Crippen molar-refractivity contribution in [3.8, 4) is 0 Å². The van der Waals surface area contributed by atoms with Crippen LogP contribution in [0.25, 0.3) is 11.0 Å². The number of aromatic nitrogens is 3. The lowest BCUT2D eigenvalue weighted by Crippen LogP contribution is -2.42. The molecular formula is C31H34N6O6S. The van der Waals surface area contributed by atoms with Gasteiger partial charge < -0.3 is 24.8 Å². The molecule has 0 saturated carbocycles. The number of H-pyrrole nitrogens is 1. The number of hydrogen-bond acceptors (Lipinski definition) is 8. The molecule has 0 aliphatic rings. The van der Waals surface area contributed by atoms with E-state index in [-0.39, 0.29) is 29.4 Å². The molecule has 0 fully saturated rings. The fourth-order valence-corrected chi connectivity index (χ4v) is 5.74. The van der Waals surface area contributed by atoms with Crippen molar-refractivity contribution in [3.63, 3.8) is 0 Å². The summed E-state index contributed by atoms with van der Waals surface area (Å²) in [6, 6.07) is 21.4. The number of imidazole rings is 1. The molecule has 2 heterocycles. The molecule has 0 saturated heterocycles. The highest BCUT2D eigenvalue weighted by atomic mass is 32.2. The highest BCUT2D eigenvalue weighted by molar-refractivity contribution is 7.92. The Labute approximate surface area is 254 Å². The van der Waals surface area contributed by atoms with Crippen molar-refractivity contribution in [1.29, 1.82) is 0 Å². The number of carbonyl (C=O) groups is 1. The summed E-state index contributed by atoms with van der Waals surface area (Å²) in [5.74, 6) is -0.300. The molecule has 0 bridgehead atoms. The summed E-state index contributed by atoms with van der Waals surface area (Å²) in [7, 11) is -3.74. The van der Waals surface area contributed by atoms with Crippen LogP contribution in [0.3, 0.4) is 0 Å². The summed E-state index contributed by atoms with van der Waals surface area (Å²) < 4.78 is 34.6. The predicted octanol–water partition coefficient (Wildman–Crippen LogP) is 3.54. The maximum absolute atomic E-state index is 12.7. The topological polar surface area (TPSA) is 171 Å². The van der Waals surface area contributed by atoms with E-state index in [1.165, 1.54) is 18.2 Å². The van der Waals surface area contributed by atoms with Crippen LogP contribution in [-0.2, 0) is 23.1 Å². The minimum atomic E-state index is -3.74. The van der Waals surface area contributed by atoms with Gasteiger partial charge in [0.15, 0.2) is 0 Å². The molecular weight excluding hydrogens is 584 g/mol. The fourth-order valence-electron chi connectivity index (χ4n) is 4.67. The zero-order valence-electron chi connectivity index (χ0n) is 24.3. The number of hydrogen-bond donors (Lipinski definition) is 5. The van der Waals surface area contributed by atoms with Gasteiger partial charge in [-0.25, -0.2) is 23.4 Å². The number of β-amino-alcohol motifs (C(OH)–C–C–N with tert-alkyl or cyclic N) is 1. The first-order chi connectivity index (χ1) is 21.0. The van der Waals surface area contributed by atoms with Crippen molar-refractivity contribution in [3.05, 3.63) is 112 Å². The fraction of sp³-hybridized carbons (Fsp3) is 0.258. The molecule has 3 aromatic carbocycles. The Bertz CT molecular complexity index is 1910. The lowest BCUT2D eigenvalue weighted by atomic mass is 9.99. The van der Waals surface area contributed by atoms with Crippen LogP contribution < -0.4 is 21.0 Å². The highest BCUT2D eigenvalue weighted by Crippen LogP contribution is 2.22. The van der Waals surface area contributed by atoms with Gasteiger partial charge in [-0.3, -0.25) is 9.52 Å². The molecule has 5 aromatic rings. The van der Waals surface area contributed by atoms with Gasteiger partial charge in [0.05, 0.1) is 40.6 Å². The zero-order chi connectivity index (χ0) is 31.3. The molecule has 0 aliphatic heterocycles. The normalized spacial score (nSPS) is 12.7. The average Bonchev–Trinajstić information content (AvgIpc) is 3.63. The molecule has 230 valence electrons. The number of sulfonamides is 1. The molecule has 5 N–H and O–H groups in total. The molecule has 1 atom stereocenters. The van der Waals surface area contributed by atoms with Gasteiger partial charge in [0.25, 0.3) is 15.9 Å². The van der Waals surface area contributed by atoms with E-state index in [1.54, 1.807) is 60.9 Å². The lowest BCUT2D eigenvalue weighted by Gasteiger charge is -2.28. The first kappa shape index (κ1) is 30.7. The van der Waals surface area contributed by atoms with Crippen LogP contribution in [0.1, 0.15) is 48.0 Å². The molecule has 13 heteroatoms. The number of aryl methyl sites for hydroxylation is 1. The summed E-state index contributed by atoms with van der Waals surface area (Å²) in [5, 5.41) is 19.5. The maximum Gasteiger partial charge on any atom is 0.357 e. The Morgan fingerprint density at radius 3 is 2.61 bits per heavy atom. The van der Waals surface area contributed by atoms with E-state index < -0.39 is 21.8 Å². The average molecular weight is 619 g/mol. The van der Waals surface area contributed by atoms with Crippen molar-refractivity contribution >= 4 is 32.7 Å². The summed E-state index contributed by atoms with van der Waals surface area (Å²) in [6.07, 6.45) is 1.59. The number of rotatable bonds is 13. The molecule has 0 spiro atoms. The quantitative estimate of drug-likeness (QED) is 0.133. The predicted molar refractivity (Wildman–Crippen MR) is 166 cm³/mol. The largest absolute Gasteiger partial charge is 0.387 e. The Hall–Kier alpha value is -4.72. The summed E-state index contributed by atoms with van der Waals surface area (Å²) in [4.78, 5) is 28.3. The third-order valence-corrected chi connectivity index (χ3v) is 8.62. The molecule has 1 amide bonds. The van der Waals surface area contributed by atoms with Crippen LogP contribution in [0.2, 0.25) is 0 Å². The number of aromatic amines is 1. The van der Waals surface area contributed by atoms with Crippen LogP contribution in [0.4, 0.5) is 5.69 Å². The number of carbonyl (C=O) groups excluding carboxylic acids is 1. The van der Waals surface area contributed by atoms with Gasteiger partial charge in [-0.2, -0.15) is 0 Å². The summed E-state index contributed by atoms with van der Waals surface area (Å²) in [6.45, 7) is 5.12. The van der Waals surface area contributed by atoms with Crippen molar-refractivity contribution in [1.82, 2.24) is 25.3 Å². The minimum Gasteiger partial charge on any atom is -0.387 e. The zero-order valence-corrected chi connectivity index (χ0v) is 25.1. The highest BCUT2D eigenvalue weighted by Gasteiger charge is 2.21. The van der Waals surface area contributed by atoms with Crippen LogP contribution in [0.5, 0.6) is 0 Å². The standard InChI is InChI=1S/C31H34N6O6S/c1-31(2,34-19-28(38)21-7-6-8-23(15-21)36-44(41,42)25-9-4-3-5-10-25)13-14-37-20-33-26-16-22(11-12-27(26)37)30(40)32-18-24-17-29(39)43-35-24/h3-12,15-17,20,28,34-36,38H,13-14,18-19H2,1-2H3,(H,32,40)/t28-/m0/s1. The van der Waals surface area contributed by atoms with E-state index >= 15 is 0 Å². The second-order valence-electron chi connectivity index (χ2n) is 11.1. The van der Waals surface area contributed by atoms with Gasteiger partial charge in [-0.15, -0.1) is 0 Å². The molecule has 12 nitrogen and oxygen atoms in total. The molecule has 5 rings (SSSR count). The van der Waals surface area contributed by atoms with Crippen LogP contribution in [0, 0.1) is 0 Å². The van der Waals surface area contributed by atoms with E-state index in [2.05, 4.69) is 30.0 Å². The van der Waals surface area contributed by atoms with Crippen LogP contribution in [-0.4, -0.2) is 46.2 Å². The van der Waals surface area contributed by atoms with Crippen molar-refractivity contribution in [2.24, 2.45) is 0 Å². The van der Waals surface area contributed by atoms with E-state index in [0.29, 0.717) is 41.0 Å². The Balaban J connectivity index is 1.14. The van der Waals surface area contributed by atoms with E-state index in [0.717, 1.165) is 5.52 Å². The van der Waals surface area contributed by atoms with E-state index in [1.807, 2.05) is 24.5 Å². The molecule has 44 heavy (non-hydrogen) atoms. The van der Waals surface area contributed by atoms with Crippen LogP contribution >= 0.6 is 0 Å². The molecule has 0 radical (unpaired) electrons. The Kier molecular flexibility index (Phi) is 8.99. The number of aliphatic hydroxyl groups excluding tert-OH is 1. The Morgan fingerprint density at radius 2 is 1.86 bits per heavy atom. The number of amides is 1. The third kappa shape index (κ3) is 7.61. The van der Waals surface area contributed by atoms with Gasteiger partial charge in [-0.05, 0) is 68.3 Å². The number of anilines is 1. The van der Waals surface area contributed by atoms with Gasteiger partial charge >= 0.3 is 5.63 Å². The lowest BCUT2D eigenvalue weighted by molar-refractivity contribution is 0.0950. The number of aliphatic hydroxyl groups is 1. The maximum atomic E-state index is 12.7. The summed E-state index contributed by atoms with van der Waals surface area (Å²) >= 11 is 0. The van der Waals surface area contributed by atoms with E-state index in [9.17, 15) is 23.1 Å². The SMILES string of the molecule is CC(C)(CCn1cnc2cc(C(=O)NCc3cc(=O)o[nH]3)ccc21)NC[C@H](O)c1cccc(NS(=O)(=O)c2ccccc2)c1. The third-order valence-electron chi connectivity index (χ3n) is 7.23. The van der Waals surface area contributed by atoms with Crippen molar-refractivity contribution in [2.75, 3.05) is 11.3 Å². The number of nitrogens with zero attached hydrogens (tertiary/aromatic N) is 2. The second-order valence-corrected chi connectivity index (χ2v) is 12.8. The summed E-state index contributed by atoms with van der Waals surface area (Å²) in [5.41, 5.74) is 2.57. The van der Waals surface area contributed by atoms with Crippen molar-refractivity contribution in [2.45, 2.75) is 49.9 Å². The molecule has 0 unspecified atom stereocenters. The smallest absolute Gasteiger partial charge is 0.357 e. The number of nitrogens with one attached hydrogen (secondary N) is 4. The molecule has 2 aromatic heterocycles.